The molecule has 0 radical (unpaired) electrons. The summed E-state index contributed by atoms with van der Waals surface area (Å²) in [6.07, 6.45) is 0. The van der Waals surface area contributed by atoms with Gasteiger partial charge < -0.3 is 19.4 Å². The average Bonchev–Trinajstić information content (AvgIpc) is 3.29. The van der Waals surface area contributed by atoms with Crippen LogP contribution in [0, 0.1) is 10.1 Å². The summed E-state index contributed by atoms with van der Waals surface area (Å²) >= 11 is 12.1. The number of ether oxygens (including phenoxy) is 1. The molecular formula is C24H18Cl2N4O5. The molecule has 1 aliphatic heterocycles. The monoisotopic (exact) mass is 512 g/mol. The topological polar surface area (TPSA) is 111 Å². The number of non-ortho nitro benzene ring substituents is 1. The molecular weight excluding hydrogens is 495 g/mol. The van der Waals surface area contributed by atoms with Crippen LogP contribution in [0.5, 0.6) is 0 Å². The summed E-state index contributed by atoms with van der Waals surface area (Å²) in [6.45, 7) is 2.20. The highest BCUT2D eigenvalue weighted by Gasteiger charge is 2.22. The Labute approximate surface area is 209 Å². The molecule has 3 aromatic carbocycles. The smallest absolute Gasteiger partial charge is 0.270 e. The number of hydrogen-bond acceptors (Lipinski definition) is 7. The molecule has 1 fully saturated rings. The van der Waals surface area contributed by atoms with Crippen LogP contribution in [0.25, 0.3) is 22.6 Å². The van der Waals surface area contributed by atoms with E-state index in [-0.39, 0.29) is 11.3 Å². The summed E-state index contributed by atoms with van der Waals surface area (Å²) in [7, 11) is 0. The Bertz CT molecular complexity index is 1450. The lowest BCUT2D eigenvalue weighted by Crippen LogP contribution is -2.37. The fraction of sp³-hybridized carbons (Fsp3) is 0.167. The highest BCUT2D eigenvalue weighted by molar-refractivity contribution is 6.42. The SMILES string of the molecule is O=C(Nc1ccc2oc(-c3ccc(Cl)c(Cl)c3)nc2c1)c1cc([N+](=O)[O-])ccc1N1CCOCC1. The van der Waals surface area contributed by atoms with Crippen molar-refractivity contribution in [3.8, 4) is 11.5 Å². The van der Waals surface area contributed by atoms with Gasteiger partial charge >= 0.3 is 0 Å². The maximum absolute atomic E-state index is 13.2. The van der Waals surface area contributed by atoms with Gasteiger partial charge in [0.15, 0.2) is 5.58 Å². The molecule has 0 unspecified atom stereocenters. The number of morpholine rings is 1. The third-order valence-corrected chi connectivity index (χ3v) is 6.34. The molecule has 0 aliphatic carbocycles. The number of benzene rings is 3. The van der Waals surface area contributed by atoms with E-state index < -0.39 is 10.8 Å². The summed E-state index contributed by atoms with van der Waals surface area (Å²) in [5.41, 5.74) is 2.83. The largest absolute Gasteiger partial charge is 0.436 e. The van der Waals surface area contributed by atoms with Gasteiger partial charge in [0.05, 0.1) is 39.4 Å². The molecule has 0 saturated carbocycles. The maximum atomic E-state index is 13.2. The summed E-state index contributed by atoms with van der Waals surface area (Å²) in [5.74, 6) is -0.113. The number of nitro benzene ring substituents is 1. The zero-order valence-corrected chi connectivity index (χ0v) is 19.7. The van der Waals surface area contributed by atoms with E-state index in [0.29, 0.717) is 70.3 Å². The van der Waals surface area contributed by atoms with Gasteiger partial charge in [-0.3, -0.25) is 14.9 Å². The molecule has 11 heteroatoms. The minimum absolute atomic E-state index is 0.162. The molecule has 0 spiro atoms. The number of oxazole rings is 1. The van der Waals surface area contributed by atoms with E-state index in [2.05, 4.69) is 10.3 Å². The number of anilines is 2. The lowest BCUT2D eigenvalue weighted by molar-refractivity contribution is -0.384. The predicted molar refractivity (Wildman–Crippen MR) is 134 cm³/mol. The van der Waals surface area contributed by atoms with E-state index in [1.165, 1.54) is 12.1 Å². The molecule has 1 amide bonds. The van der Waals surface area contributed by atoms with Crippen LogP contribution >= 0.6 is 23.2 Å². The lowest BCUT2D eigenvalue weighted by Gasteiger charge is -2.30. The number of rotatable bonds is 5. The number of aromatic nitrogens is 1. The Morgan fingerprint density at radius 3 is 2.57 bits per heavy atom. The van der Waals surface area contributed by atoms with Crippen molar-refractivity contribution in [1.29, 1.82) is 0 Å². The van der Waals surface area contributed by atoms with Crippen LogP contribution in [-0.2, 0) is 4.74 Å². The number of carbonyl (C=O) groups excluding carboxylic acids is 1. The Kier molecular flexibility index (Phi) is 6.29. The van der Waals surface area contributed by atoms with E-state index in [0.717, 1.165) is 0 Å². The number of fused-ring (bicyclic) bond motifs is 1. The second-order valence-electron chi connectivity index (χ2n) is 7.84. The van der Waals surface area contributed by atoms with Gasteiger partial charge in [0, 0.05) is 36.5 Å². The average molecular weight is 513 g/mol. The Balaban J connectivity index is 1.44. The molecule has 0 atom stereocenters. The summed E-state index contributed by atoms with van der Waals surface area (Å²) in [4.78, 5) is 30.5. The quantitative estimate of drug-likeness (QED) is 0.265. The highest BCUT2D eigenvalue weighted by Crippen LogP contribution is 2.32. The van der Waals surface area contributed by atoms with Crippen LogP contribution in [0.15, 0.2) is 59.0 Å². The minimum Gasteiger partial charge on any atom is -0.436 e. The standard InChI is InChI=1S/C24H18Cl2N4O5/c25-18-4-1-14(11-19(18)26)24-28-20-12-15(2-6-22(20)35-24)27-23(31)17-13-16(30(32)33)3-5-21(17)29-7-9-34-10-8-29/h1-6,11-13H,7-10H2,(H,27,31). The van der Waals surface area contributed by atoms with Crippen molar-refractivity contribution in [3.05, 3.63) is 80.3 Å². The maximum Gasteiger partial charge on any atom is 0.270 e. The van der Waals surface area contributed by atoms with E-state index in [1.54, 1.807) is 42.5 Å². The van der Waals surface area contributed by atoms with Crippen molar-refractivity contribution in [2.45, 2.75) is 0 Å². The first-order valence-corrected chi connectivity index (χ1v) is 11.4. The molecule has 1 aromatic heterocycles. The Morgan fingerprint density at radius 2 is 1.83 bits per heavy atom. The summed E-state index contributed by atoms with van der Waals surface area (Å²) in [6, 6.07) is 14.4. The van der Waals surface area contributed by atoms with E-state index in [1.807, 2.05) is 4.90 Å². The van der Waals surface area contributed by atoms with Gasteiger partial charge in [0.2, 0.25) is 5.89 Å². The second-order valence-corrected chi connectivity index (χ2v) is 8.66. The number of nitrogens with zero attached hydrogens (tertiary/aromatic N) is 3. The summed E-state index contributed by atoms with van der Waals surface area (Å²) < 4.78 is 11.2. The van der Waals surface area contributed by atoms with E-state index >= 15 is 0 Å². The zero-order valence-electron chi connectivity index (χ0n) is 18.2. The normalized spacial score (nSPS) is 13.7. The summed E-state index contributed by atoms with van der Waals surface area (Å²) in [5, 5.41) is 15.0. The van der Waals surface area contributed by atoms with Crippen LogP contribution in [0.3, 0.4) is 0 Å². The molecule has 4 aromatic rings. The third kappa shape index (κ3) is 4.79. The fourth-order valence-corrected chi connectivity index (χ4v) is 4.15. The van der Waals surface area contributed by atoms with Gasteiger partial charge in [-0.25, -0.2) is 4.98 Å². The number of nitrogens with one attached hydrogen (secondary N) is 1. The number of hydrogen-bond donors (Lipinski definition) is 1. The van der Waals surface area contributed by atoms with Crippen molar-refractivity contribution in [1.82, 2.24) is 4.98 Å². The van der Waals surface area contributed by atoms with Gasteiger partial charge in [-0.05, 0) is 42.5 Å². The van der Waals surface area contributed by atoms with E-state index in [4.69, 9.17) is 32.4 Å². The van der Waals surface area contributed by atoms with Crippen LogP contribution < -0.4 is 10.2 Å². The molecule has 178 valence electrons. The first kappa shape index (κ1) is 23.1. The molecule has 1 saturated heterocycles. The van der Waals surface area contributed by atoms with Crippen LogP contribution in [-0.4, -0.2) is 42.1 Å². The predicted octanol–water partition coefficient (Wildman–Crippen LogP) is 5.80. The molecule has 35 heavy (non-hydrogen) atoms. The second kappa shape index (κ2) is 9.53. The fourth-order valence-electron chi connectivity index (χ4n) is 3.86. The van der Waals surface area contributed by atoms with Gasteiger partial charge in [0.25, 0.3) is 11.6 Å². The third-order valence-electron chi connectivity index (χ3n) is 5.60. The first-order chi connectivity index (χ1) is 16.9. The minimum atomic E-state index is -0.522. The lowest BCUT2D eigenvalue weighted by atomic mass is 10.1. The molecule has 1 aliphatic rings. The van der Waals surface area contributed by atoms with Crippen molar-refractivity contribution >= 4 is 57.3 Å². The van der Waals surface area contributed by atoms with Gasteiger partial charge in [0.1, 0.15) is 5.52 Å². The number of amides is 1. The van der Waals surface area contributed by atoms with Crippen LogP contribution in [0.4, 0.5) is 17.1 Å². The first-order valence-electron chi connectivity index (χ1n) is 10.7. The number of nitro groups is 1. The van der Waals surface area contributed by atoms with Crippen molar-refractivity contribution < 1.29 is 18.9 Å². The van der Waals surface area contributed by atoms with Gasteiger partial charge in [-0.1, -0.05) is 23.2 Å². The Hall–Kier alpha value is -3.66. The molecule has 0 bridgehead atoms. The van der Waals surface area contributed by atoms with Gasteiger partial charge in [-0.15, -0.1) is 0 Å². The van der Waals surface area contributed by atoms with Crippen molar-refractivity contribution in [2.24, 2.45) is 0 Å². The van der Waals surface area contributed by atoms with Crippen LogP contribution in [0.2, 0.25) is 10.0 Å². The molecule has 5 rings (SSSR count). The molecule has 9 nitrogen and oxygen atoms in total. The van der Waals surface area contributed by atoms with Crippen molar-refractivity contribution in [3.63, 3.8) is 0 Å². The van der Waals surface area contributed by atoms with Gasteiger partial charge in [-0.2, -0.15) is 0 Å². The van der Waals surface area contributed by atoms with E-state index in [9.17, 15) is 14.9 Å². The Morgan fingerprint density at radius 1 is 1.03 bits per heavy atom. The van der Waals surface area contributed by atoms with Crippen molar-refractivity contribution in [2.75, 3.05) is 36.5 Å². The zero-order chi connectivity index (χ0) is 24.5. The molecule has 1 N–H and O–H groups in total. The highest BCUT2D eigenvalue weighted by atomic mass is 35.5. The number of halogens is 2. The molecule has 2 heterocycles. The number of carbonyl (C=O) groups is 1. The van der Waals surface area contributed by atoms with Crippen LogP contribution in [0.1, 0.15) is 10.4 Å².